The Hall–Kier alpha value is -0.810. The van der Waals surface area contributed by atoms with E-state index in [0.717, 1.165) is 31.7 Å². The molecule has 1 aromatic rings. The predicted octanol–water partition coefficient (Wildman–Crippen LogP) is 2.19. The molecule has 1 aromatic carbocycles. The quantitative estimate of drug-likeness (QED) is 0.874. The van der Waals surface area contributed by atoms with Crippen LogP contribution in [0.1, 0.15) is 12.8 Å². The van der Waals surface area contributed by atoms with Gasteiger partial charge in [-0.05, 0) is 31.5 Å². The molecular weight excluding hydrogens is 278 g/mol. The standard InChI is InChI=1S/C15H22ClNO3/c1-19-11-12(18)9-17-8-4-5-13(10-17)20-15-7-3-2-6-14(15)16/h2-3,6-7,12-13,18H,4-5,8-11H2,1H3/t12-,13-/m0/s1. The van der Waals surface area contributed by atoms with E-state index in [-0.39, 0.29) is 6.10 Å². The van der Waals surface area contributed by atoms with Crippen LogP contribution in [0.5, 0.6) is 5.75 Å². The van der Waals surface area contributed by atoms with Crippen molar-refractivity contribution in [2.45, 2.75) is 25.0 Å². The lowest BCUT2D eigenvalue weighted by molar-refractivity contribution is 0.0149. The summed E-state index contributed by atoms with van der Waals surface area (Å²) in [6, 6.07) is 7.54. The Balaban J connectivity index is 1.86. The molecule has 4 nitrogen and oxygen atoms in total. The summed E-state index contributed by atoms with van der Waals surface area (Å²) in [7, 11) is 1.60. The van der Waals surface area contributed by atoms with Crippen LogP contribution in [0.4, 0.5) is 0 Å². The van der Waals surface area contributed by atoms with Crippen molar-refractivity contribution in [1.29, 1.82) is 0 Å². The van der Waals surface area contributed by atoms with E-state index in [4.69, 9.17) is 21.1 Å². The maximum absolute atomic E-state index is 9.79. The van der Waals surface area contributed by atoms with Gasteiger partial charge in [-0.3, -0.25) is 4.90 Å². The maximum Gasteiger partial charge on any atom is 0.138 e. The number of benzene rings is 1. The highest BCUT2D eigenvalue weighted by atomic mass is 35.5. The summed E-state index contributed by atoms with van der Waals surface area (Å²) in [5.41, 5.74) is 0. The van der Waals surface area contributed by atoms with Crippen molar-refractivity contribution in [2.24, 2.45) is 0 Å². The van der Waals surface area contributed by atoms with Crippen molar-refractivity contribution in [3.63, 3.8) is 0 Å². The van der Waals surface area contributed by atoms with Crippen molar-refractivity contribution in [3.05, 3.63) is 29.3 Å². The first kappa shape index (κ1) is 15.6. The smallest absolute Gasteiger partial charge is 0.138 e. The highest BCUT2D eigenvalue weighted by molar-refractivity contribution is 6.32. The minimum Gasteiger partial charge on any atom is -0.488 e. The molecule has 0 spiro atoms. The van der Waals surface area contributed by atoms with E-state index in [2.05, 4.69) is 4.90 Å². The van der Waals surface area contributed by atoms with Crippen molar-refractivity contribution >= 4 is 11.6 Å². The number of hydrogen-bond donors (Lipinski definition) is 1. The van der Waals surface area contributed by atoms with Gasteiger partial charge in [0.05, 0.1) is 17.7 Å². The number of hydrogen-bond acceptors (Lipinski definition) is 4. The molecule has 0 aromatic heterocycles. The molecule has 2 atom stereocenters. The van der Waals surface area contributed by atoms with Crippen LogP contribution in [0.25, 0.3) is 0 Å². The molecule has 1 aliphatic rings. The van der Waals surface area contributed by atoms with Crippen molar-refractivity contribution < 1.29 is 14.6 Å². The molecule has 0 saturated carbocycles. The number of rotatable bonds is 6. The van der Waals surface area contributed by atoms with E-state index >= 15 is 0 Å². The molecule has 1 N–H and O–H groups in total. The van der Waals surface area contributed by atoms with E-state index in [0.29, 0.717) is 18.2 Å². The molecular formula is C15H22ClNO3. The van der Waals surface area contributed by atoms with Crippen molar-refractivity contribution in [1.82, 2.24) is 4.90 Å². The third kappa shape index (κ3) is 4.63. The topological polar surface area (TPSA) is 41.9 Å². The first-order valence-corrected chi connectivity index (χ1v) is 7.37. The zero-order valence-corrected chi connectivity index (χ0v) is 12.6. The van der Waals surface area contributed by atoms with Crippen molar-refractivity contribution in [2.75, 3.05) is 33.4 Å². The number of piperidine rings is 1. The molecule has 20 heavy (non-hydrogen) atoms. The summed E-state index contributed by atoms with van der Waals surface area (Å²) in [5, 5.41) is 10.4. The lowest BCUT2D eigenvalue weighted by atomic mass is 10.1. The van der Waals surface area contributed by atoms with Gasteiger partial charge in [-0.2, -0.15) is 0 Å². The fourth-order valence-electron chi connectivity index (χ4n) is 2.54. The molecule has 5 heteroatoms. The van der Waals surface area contributed by atoms with Crippen LogP contribution >= 0.6 is 11.6 Å². The Morgan fingerprint density at radius 3 is 3.00 bits per heavy atom. The van der Waals surface area contributed by atoms with Crippen LogP contribution in [0, 0.1) is 0 Å². The Labute approximate surface area is 125 Å². The highest BCUT2D eigenvalue weighted by Gasteiger charge is 2.23. The number of likely N-dealkylation sites (tertiary alicyclic amines) is 1. The molecule has 0 aliphatic carbocycles. The van der Waals surface area contributed by atoms with Gasteiger partial charge in [0.15, 0.2) is 0 Å². The van der Waals surface area contributed by atoms with E-state index in [1.807, 2.05) is 24.3 Å². The number of ether oxygens (including phenoxy) is 2. The van der Waals surface area contributed by atoms with Gasteiger partial charge in [0, 0.05) is 20.2 Å². The number of aliphatic hydroxyl groups excluding tert-OH is 1. The Kier molecular flexibility index (Phi) is 6.10. The third-order valence-electron chi connectivity index (χ3n) is 3.42. The lowest BCUT2D eigenvalue weighted by Gasteiger charge is -2.34. The van der Waals surface area contributed by atoms with Gasteiger partial charge in [0.2, 0.25) is 0 Å². The molecule has 0 bridgehead atoms. The molecule has 112 valence electrons. The molecule has 1 heterocycles. The van der Waals surface area contributed by atoms with Gasteiger partial charge >= 0.3 is 0 Å². The summed E-state index contributed by atoms with van der Waals surface area (Å²) in [4.78, 5) is 2.22. The second-order valence-electron chi connectivity index (χ2n) is 5.18. The number of methoxy groups -OCH3 is 1. The van der Waals surface area contributed by atoms with Crippen LogP contribution in [-0.2, 0) is 4.74 Å². The number of β-amino-alcohol motifs (C(OH)–C–C–N with tert-alkyl or cyclic N) is 1. The molecule has 2 rings (SSSR count). The van der Waals surface area contributed by atoms with Crippen LogP contribution in [-0.4, -0.2) is 55.6 Å². The van der Waals surface area contributed by atoms with E-state index in [1.165, 1.54) is 0 Å². The Bertz CT molecular complexity index is 416. The lowest BCUT2D eigenvalue weighted by Crippen LogP contribution is -2.45. The van der Waals surface area contributed by atoms with E-state index in [1.54, 1.807) is 7.11 Å². The fraction of sp³-hybridized carbons (Fsp3) is 0.600. The molecule has 0 amide bonds. The largest absolute Gasteiger partial charge is 0.488 e. The van der Waals surface area contributed by atoms with Gasteiger partial charge in [-0.15, -0.1) is 0 Å². The van der Waals surface area contributed by atoms with Crippen LogP contribution in [0.3, 0.4) is 0 Å². The number of halogens is 1. The number of aliphatic hydroxyl groups is 1. The van der Waals surface area contributed by atoms with Gasteiger partial charge in [-0.25, -0.2) is 0 Å². The van der Waals surface area contributed by atoms with Crippen LogP contribution < -0.4 is 4.74 Å². The van der Waals surface area contributed by atoms with E-state index < -0.39 is 6.10 Å². The predicted molar refractivity (Wildman–Crippen MR) is 79.4 cm³/mol. The SMILES string of the molecule is COC[C@@H](O)CN1CCC[C@H](Oc2ccccc2Cl)C1. The highest BCUT2D eigenvalue weighted by Crippen LogP contribution is 2.26. The van der Waals surface area contributed by atoms with E-state index in [9.17, 15) is 5.11 Å². The second kappa shape index (κ2) is 7.84. The van der Waals surface area contributed by atoms with Gasteiger partial charge in [0.1, 0.15) is 11.9 Å². The van der Waals surface area contributed by atoms with Gasteiger partial charge in [0.25, 0.3) is 0 Å². The summed E-state index contributed by atoms with van der Waals surface area (Å²) < 4.78 is 10.9. The average molecular weight is 300 g/mol. The summed E-state index contributed by atoms with van der Waals surface area (Å²) in [6.07, 6.45) is 1.76. The Morgan fingerprint density at radius 1 is 1.45 bits per heavy atom. The minimum atomic E-state index is -0.445. The van der Waals surface area contributed by atoms with Crippen LogP contribution in [0.15, 0.2) is 24.3 Å². The van der Waals surface area contributed by atoms with Gasteiger partial charge < -0.3 is 14.6 Å². The molecule has 1 fully saturated rings. The maximum atomic E-state index is 9.79. The average Bonchev–Trinajstić information content (AvgIpc) is 2.42. The zero-order chi connectivity index (χ0) is 14.4. The zero-order valence-electron chi connectivity index (χ0n) is 11.8. The van der Waals surface area contributed by atoms with Crippen molar-refractivity contribution in [3.8, 4) is 5.75 Å². The fourth-order valence-corrected chi connectivity index (χ4v) is 2.72. The van der Waals surface area contributed by atoms with Gasteiger partial charge in [-0.1, -0.05) is 23.7 Å². The van der Waals surface area contributed by atoms with Crippen LogP contribution in [0.2, 0.25) is 5.02 Å². The molecule has 0 radical (unpaired) electrons. The number of nitrogens with zero attached hydrogens (tertiary/aromatic N) is 1. The Morgan fingerprint density at radius 2 is 2.25 bits per heavy atom. The molecule has 0 unspecified atom stereocenters. The first-order chi connectivity index (χ1) is 9.69. The molecule has 1 saturated heterocycles. The second-order valence-corrected chi connectivity index (χ2v) is 5.59. The summed E-state index contributed by atoms with van der Waals surface area (Å²) >= 11 is 6.11. The third-order valence-corrected chi connectivity index (χ3v) is 3.73. The number of para-hydroxylation sites is 1. The molecule has 1 aliphatic heterocycles. The normalized spacial score (nSPS) is 21.6. The minimum absolute atomic E-state index is 0.124. The summed E-state index contributed by atoms with van der Waals surface area (Å²) in [6.45, 7) is 2.79. The first-order valence-electron chi connectivity index (χ1n) is 6.99. The monoisotopic (exact) mass is 299 g/mol. The summed E-state index contributed by atoms with van der Waals surface area (Å²) in [5.74, 6) is 0.735.